The van der Waals surface area contributed by atoms with Crippen molar-refractivity contribution < 1.29 is 4.42 Å². The van der Waals surface area contributed by atoms with Crippen molar-refractivity contribution in [2.24, 2.45) is 0 Å². The average molecular weight is 272 g/mol. The molecular formula is C13H12N4OS. The molecule has 0 saturated carbocycles. The number of rotatable bonds is 2. The van der Waals surface area contributed by atoms with Gasteiger partial charge in [-0.2, -0.15) is 0 Å². The number of aryl methyl sites for hydroxylation is 2. The lowest BCUT2D eigenvalue weighted by molar-refractivity contribution is 0.489. The van der Waals surface area contributed by atoms with E-state index in [4.69, 9.17) is 10.2 Å². The largest absolute Gasteiger partial charge is 0.431 e. The van der Waals surface area contributed by atoms with Crippen molar-refractivity contribution in [3.05, 3.63) is 35.8 Å². The number of nitrogens with zero attached hydrogens (tertiary/aromatic N) is 3. The molecule has 0 amide bonds. The maximum Gasteiger partial charge on any atom is 0.263 e. The molecule has 2 heterocycles. The third-order valence-electron chi connectivity index (χ3n) is 2.75. The Morgan fingerprint density at radius 3 is 2.79 bits per heavy atom. The molecule has 96 valence electrons. The summed E-state index contributed by atoms with van der Waals surface area (Å²) >= 11 is 1.35. The van der Waals surface area contributed by atoms with Crippen molar-refractivity contribution in [3.63, 3.8) is 0 Å². The molecule has 0 radical (unpaired) electrons. The Bertz CT molecular complexity index is 753. The molecular weight excluding hydrogens is 260 g/mol. The van der Waals surface area contributed by atoms with Gasteiger partial charge in [0.1, 0.15) is 10.5 Å². The van der Waals surface area contributed by atoms with Gasteiger partial charge in [0.05, 0.1) is 17.6 Å². The van der Waals surface area contributed by atoms with Crippen LogP contribution in [0.3, 0.4) is 0 Å². The van der Waals surface area contributed by atoms with Crippen molar-refractivity contribution in [2.45, 2.75) is 24.1 Å². The second-order valence-electron chi connectivity index (χ2n) is 4.19. The highest BCUT2D eigenvalue weighted by atomic mass is 32.2. The van der Waals surface area contributed by atoms with E-state index in [1.807, 2.05) is 19.9 Å². The Labute approximate surface area is 114 Å². The van der Waals surface area contributed by atoms with Crippen molar-refractivity contribution >= 4 is 28.5 Å². The van der Waals surface area contributed by atoms with Gasteiger partial charge in [-0.15, -0.1) is 0 Å². The summed E-state index contributed by atoms with van der Waals surface area (Å²) in [5, 5.41) is 1.31. The van der Waals surface area contributed by atoms with Gasteiger partial charge in [0.15, 0.2) is 5.58 Å². The van der Waals surface area contributed by atoms with E-state index >= 15 is 0 Å². The first-order valence-electron chi connectivity index (χ1n) is 5.76. The molecule has 2 N–H and O–H groups in total. The minimum atomic E-state index is 0.540. The minimum Gasteiger partial charge on any atom is -0.431 e. The molecule has 3 aromatic rings. The van der Waals surface area contributed by atoms with Gasteiger partial charge in [-0.05, 0) is 37.7 Å². The van der Waals surface area contributed by atoms with Crippen LogP contribution in [0.1, 0.15) is 11.4 Å². The summed E-state index contributed by atoms with van der Waals surface area (Å²) in [6.07, 6.45) is 1.72. The standard InChI is InChI=1S/C13H12N4OS/c1-7-8(2)16-12(6-15-7)19-13-17-10-4-3-9(14)5-11(10)18-13/h3-6H,14H2,1-2H3. The van der Waals surface area contributed by atoms with Crippen LogP contribution in [0.25, 0.3) is 11.1 Å². The number of hydrogen-bond acceptors (Lipinski definition) is 6. The molecule has 1 aromatic carbocycles. The highest BCUT2D eigenvalue weighted by Crippen LogP contribution is 2.29. The second kappa shape index (κ2) is 4.55. The van der Waals surface area contributed by atoms with E-state index in [9.17, 15) is 0 Å². The van der Waals surface area contributed by atoms with Gasteiger partial charge in [-0.25, -0.2) is 9.97 Å². The first-order valence-corrected chi connectivity index (χ1v) is 6.57. The maximum atomic E-state index is 5.71. The zero-order valence-corrected chi connectivity index (χ0v) is 11.4. The van der Waals surface area contributed by atoms with E-state index in [0.29, 0.717) is 16.5 Å². The first-order chi connectivity index (χ1) is 9.11. The Balaban J connectivity index is 1.94. The number of fused-ring (bicyclic) bond motifs is 1. The van der Waals surface area contributed by atoms with Crippen LogP contribution in [-0.2, 0) is 0 Å². The quantitative estimate of drug-likeness (QED) is 0.723. The minimum absolute atomic E-state index is 0.540. The van der Waals surface area contributed by atoms with Gasteiger partial charge in [0, 0.05) is 11.8 Å². The molecule has 0 bridgehead atoms. The van der Waals surface area contributed by atoms with Crippen LogP contribution < -0.4 is 5.73 Å². The topological polar surface area (TPSA) is 77.8 Å². The van der Waals surface area contributed by atoms with Crippen LogP contribution >= 0.6 is 11.8 Å². The monoisotopic (exact) mass is 272 g/mol. The third kappa shape index (κ3) is 2.39. The zero-order chi connectivity index (χ0) is 13.4. The SMILES string of the molecule is Cc1ncc(Sc2nc3ccc(N)cc3o2)nc1C. The smallest absolute Gasteiger partial charge is 0.263 e. The van der Waals surface area contributed by atoms with Crippen molar-refractivity contribution in [1.29, 1.82) is 0 Å². The fourth-order valence-corrected chi connectivity index (χ4v) is 2.37. The predicted octanol–water partition coefficient (Wildman–Crippen LogP) is 2.97. The van der Waals surface area contributed by atoms with E-state index in [1.165, 1.54) is 11.8 Å². The summed E-state index contributed by atoms with van der Waals surface area (Å²) in [5.41, 5.74) is 9.66. The molecule has 3 rings (SSSR count). The van der Waals surface area contributed by atoms with Crippen molar-refractivity contribution in [1.82, 2.24) is 15.0 Å². The number of benzene rings is 1. The number of nitrogen functional groups attached to an aromatic ring is 1. The van der Waals surface area contributed by atoms with Gasteiger partial charge in [0.2, 0.25) is 0 Å². The molecule has 0 atom stereocenters. The predicted molar refractivity (Wildman–Crippen MR) is 74.1 cm³/mol. The Morgan fingerprint density at radius 2 is 2.00 bits per heavy atom. The number of anilines is 1. The van der Waals surface area contributed by atoms with Crippen LogP contribution in [0.2, 0.25) is 0 Å². The Morgan fingerprint density at radius 1 is 1.16 bits per heavy atom. The van der Waals surface area contributed by atoms with Gasteiger partial charge >= 0.3 is 0 Å². The Hall–Kier alpha value is -2.08. The van der Waals surface area contributed by atoms with Crippen molar-refractivity contribution in [3.8, 4) is 0 Å². The fraction of sp³-hybridized carbons (Fsp3) is 0.154. The molecule has 0 unspecified atom stereocenters. The molecule has 6 heteroatoms. The molecule has 0 saturated heterocycles. The summed E-state index contributed by atoms with van der Waals surface area (Å²) in [6, 6.07) is 5.40. The number of oxazole rings is 1. The molecule has 5 nitrogen and oxygen atoms in total. The number of nitrogens with two attached hydrogens (primary N) is 1. The van der Waals surface area contributed by atoms with E-state index in [-0.39, 0.29) is 0 Å². The van der Waals surface area contributed by atoms with E-state index < -0.39 is 0 Å². The molecule has 0 aliphatic rings. The van der Waals surface area contributed by atoms with Crippen LogP contribution in [0.4, 0.5) is 5.69 Å². The van der Waals surface area contributed by atoms with E-state index in [2.05, 4.69) is 15.0 Å². The average Bonchev–Trinajstić information content (AvgIpc) is 2.75. The highest BCUT2D eigenvalue weighted by Gasteiger charge is 2.09. The van der Waals surface area contributed by atoms with Gasteiger partial charge in [-0.1, -0.05) is 0 Å². The van der Waals surface area contributed by atoms with Crippen LogP contribution in [-0.4, -0.2) is 15.0 Å². The Kier molecular flexibility index (Phi) is 2.87. The molecule has 0 aliphatic heterocycles. The molecule has 0 fully saturated rings. The molecule has 2 aromatic heterocycles. The van der Waals surface area contributed by atoms with E-state index in [0.717, 1.165) is 21.9 Å². The summed E-state index contributed by atoms with van der Waals surface area (Å²) in [7, 11) is 0. The fourth-order valence-electron chi connectivity index (χ4n) is 1.62. The number of aromatic nitrogens is 3. The summed E-state index contributed by atoms with van der Waals surface area (Å²) in [4.78, 5) is 13.1. The lowest BCUT2D eigenvalue weighted by Gasteiger charge is -2.00. The third-order valence-corrected chi connectivity index (χ3v) is 3.51. The van der Waals surface area contributed by atoms with Crippen molar-refractivity contribution in [2.75, 3.05) is 5.73 Å². The van der Waals surface area contributed by atoms with Gasteiger partial charge in [-0.3, -0.25) is 4.98 Å². The summed E-state index contributed by atoms with van der Waals surface area (Å²) in [5.74, 6) is 0. The highest BCUT2D eigenvalue weighted by molar-refractivity contribution is 7.99. The van der Waals surface area contributed by atoms with E-state index in [1.54, 1.807) is 18.3 Å². The first kappa shape index (κ1) is 12.0. The molecule has 0 spiro atoms. The lowest BCUT2D eigenvalue weighted by atomic mass is 10.3. The van der Waals surface area contributed by atoms with Gasteiger partial charge in [0.25, 0.3) is 5.22 Å². The molecule has 19 heavy (non-hydrogen) atoms. The summed E-state index contributed by atoms with van der Waals surface area (Å²) in [6.45, 7) is 3.86. The summed E-state index contributed by atoms with van der Waals surface area (Å²) < 4.78 is 5.63. The normalized spacial score (nSPS) is 11.1. The number of hydrogen-bond donors (Lipinski definition) is 1. The zero-order valence-electron chi connectivity index (χ0n) is 10.5. The lowest BCUT2D eigenvalue weighted by Crippen LogP contribution is -1.92. The van der Waals surface area contributed by atoms with Crippen LogP contribution in [0, 0.1) is 13.8 Å². The molecule has 0 aliphatic carbocycles. The second-order valence-corrected chi connectivity index (χ2v) is 5.16. The van der Waals surface area contributed by atoms with Gasteiger partial charge < -0.3 is 10.2 Å². The van der Waals surface area contributed by atoms with Crippen LogP contribution in [0.15, 0.2) is 39.1 Å². The maximum absolute atomic E-state index is 5.71. The van der Waals surface area contributed by atoms with Crippen LogP contribution in [0.5, 0.6) is 0 Å².